The topological polar surface area (TPSA) is 83.1 Å². The maximum absolute atomic E-state index is 13.0. The SMILES string of the molecule is CCOC(=O)C1=C(CN2CCN(c3ccccc3Cl)CC2)NC(=O)N[C@H]1c1cccc(OC)c1. The Morgan fingerprint density at radius 2 is 1.88 bits per heavy atom. The highest BCUT2D eigenvalue weighted by Gasteiger charge is 2.35. The number of amides is 2. The fourth-order valence-corrected chi connectivity index (χ4v) is 4.60. The van der Waals surface area contributed by atoms with Crippen molar-refractivity contribution in [1.29, 1.82) is 0 Å². The van der Waals surface area contributed by atoms with E-state index in [-0.39, 0.29) is 12.6 Å². The smallest absolute Gasteiger partial charge is 0.338 e. The highest BCUT2D eigenvalue weighted by molar-refractivity contribution is 6.33. The van der Waals surface area contributed by atoms with E-state index in [9.17, 15) is 9.59 Å². The number of para-hydroxylation sites is 1. The number of hydrogen-bond acceptors (Lipinski definition) is 6. The Hall–Kier alpha value is -3.23. The van der Waals surface area contributed by atoms with Crippen LogP contribution in [0.25, 0.3) is 0 Å². The quantitative estimate of drug-likeness (QED) is 0.586. The molecule has 2 heterocycles. The molecule has 1 atom stereocenters. The van der Waals surface area contributed by atoms with Gasteiger partial charge in [0.25, 0.3) is 0 Å². The minimum atomic E-state index is -0.637. The Morgan fingerprint density at radius 1 is 1.12 bits per heavy atom. The summed E-state index contributed by atoms with van der Waals surface area (Å²) < 4.78 is 10.7. The minimum absolute atomic E-state index is 0.241. The molecule has 8 nitrogen and oxygen atoms in total. The summed E-state index contributed by atoms with van der Waals surface area (Å²) in [6, 6.07) is 14.1. The van der Waals surface area contributed by atoms with Crippen molar-refractivity contribution in [3.8, 4) is 5.75 Å². The van der Waals surface area contributed by atoms with Crippen molar-refractivity contribution >= 4 is 29.3 Å². The number of esters is 1. The van der Waals surface area contributed by atoms with Gasteiger partial charge in [-0.25, -0.2) is 9.59 Å². The van der Waals surface area contributed by atoms with Crippen molar-refractivity contribution in [2.24, 2.45) is 0 Å². The van der Waals surface area contributed by atoms with E-state index < -0.39 is 12.0 Å². The molecule has 180 valence electrons. The molecule has 2 aromatic carbocycles. The molecule has 0 bridgehead atoms. The summed E-state index contributed by atoms with van der Waals surface area (Å²) in [5.41, 5.74) is 2.73. The molecule has 2 aliphatic rings. The van der Waals surface area contributed by atoms with Gasteiger partial charge in [0.05, 0.1) is 36.0 Å². The largest absolute Gasteiger partial charge is 0.497 e. The third-order valence-electron chi connectivity index (χ3n) is 6.02. The molecule has 0 aliphatic carbocycles. The molecule has 0 saturated carbocycles. The number of benzene rings is 2. The summed E-state index contributed by atoms with van der Waals surface area (Å²) in [6.07, 6.45) is 0. The van der Waals surface area contributed by atoms with Crippen LogP contribution < -0.4 is 20.3 Å². The summed E-state index contributed by atoms with van der Waals surface area (Å²) in [5, 5.41) is 6.46. The number of nitrogens with one attached hydrogen (secondary N) is 2. The Bertz CT molecular complexity index is 1080. The summed E-state index contributed by atoms with van der Waals surface area (Å²) in [4.78, 5) is 30.1. The van der Waals surface area contributed by atoms with Crippen LogP contribution in [0.3, 0.4) is 0 Å². The predicted molar refractivity (Wildman–Crippen MR) is 131 cm³/mol. The van der Waals surface area contributed by atoms with E-state index in [1.807, 2.05) is 48.5 Å². The van der Waals surface area contributed by atoms with E-state index in [1.54, 1.807) is 14.0 Å². The van der Waals surface area contributed by atoms with E-state index >= 15 is 0 Å². The van der Waals surface area contributed by atoms with Gasteiger partial charge < -0.3 is 25.0 Å². The molecule has 1 fully saturated rings. The van der Waals surface area contributed by atoms with Crippen LogP contribution in [0.15, 0.2) is 59.8 Å². The van der Waals surface area contributed by atoms with Crippen LogP contribution in [0, 0.1) is 0 Å². The standard InChI is InChI=1S/C25H29ClN4O4/c1-3-34-24(31)22-20(27-25(32)28-23(22)17-7-6-8-18(15-17)33-2)16-29-11-13-30(14-12-29)21-10-5-4-9-19(21)26/h4-10,15,23H,3,11-14,16H2,1-2H3,(H2,27,28,32)/t23-/m0/s1. The maximum Gasteiger partial charge on any atom is 0.338 e. The molecule has 0 unspecified atom stereocenters. The third kappa shape index (κ3) is 5.29. The van der Waals surface area contributed by atoms with Gasteiger partial charge in [-0.05, 0) is 36.8 Å². The number of nitrogens with zero attached hydrogens (tertiary/aromatic N) is 2. The second-order valence-corrected chi connectivity index (χ2v) is 8.54. The zero-order valence-corrected chi connectivity index (χ0v) is 20.1. The van der Waals surface area contributed by atoms with Gasteiger partial charge in [-0.2, -0.15) is 0 Å². The molecule has 0 aromatic heterocycles. The molecule has 4 rings (SSSR count). The minimum Gasteiger partial charge on any atom is -0.497 e. The first-order valence-corrected chi connectivity index (χ1v) is 11.7. The fourth-order valence-electron chi connectivity index (χ4n) is 4.34. The molecule has 9 heteroatoms. The second kappa shape index (κ2) is 10.8. The lowest BCUT2D eigenvalue weighted by molar-refractivity contribution is -0.139. The average Bonchev–Trinajstić information content (AvgIpc) is 2.85. The normalized spacial score (nSPS) is 18.9. The van der Waals surface area contributed by atoms with Crippen LogP contribution in [-0.4, -0.2) is 63.3 Å². The number of methoxy groups -OCH3 is 1. The van der Waals surface area contributed by atoms with E-state index in [4.69, 9.17) is 21.1 Å². The number of halogens is 1. The molecule has 2 N–H and O–H groups in total. The van der Waals surface area contributed by atoms with Gasteiger partial charge in [-0.3, -0.25) is 4.90 Å². The van der Waals surface area contributed by atoms with Gasteiger partial charge >= 0.3 is 12.0 Å². The van der Waals surface area contributed by atoms with E-state index in [0.29, 0.717) is 23.6 Å². The monoisotopic (exact) mass is 484 g/mol. The Balaban J connectivity index is 1.57. The second-order valence-electron chi connectivity index (χ2n) is 8.14. The first-order valence-electron chi connectivity index (χ1n) is 11.3. The van der Waals surface area contributed by atoms with Crippen LogP contribution in [-0.2, 0) is 9.53 Å². The number of ether oxygens (including phenoxy) is 2. The highest BCUT2D eigenvalue weighted by Crippen LogP contribution is 2.31. The van der Waals surface area contributed by atoms with Crippen LogP contribution >= 0.6 is 11.6 Å². The molecular weight excluding hydrogens is 456 g/mol. The number of rotatable bonds is 7. The summed E-state index contributed by atoms with van der Waals surface area (Å²) in [7, 11) is 1.58. The highest BCUT2D eigenvalue weighted by atomic mass is 35.5. The van der Waals surface area contributed by atoms with Crippen LogP contribution in [0.2, 0.25) is 5.02 Å². The van der Waals surface area contributed by atoms with E-state index in [2.05, 4.69) is 20.4 Å². The summed E-state index contributed by atoms with van der Waals surface area (Å²) in [6.45, 7) is 5.54. The average molecular weight is 485 g/mol. The van der Waals surface area contributed by atoms with Crippen molar-refractivity contribution in [2.45, 2.75) is 13.0 Å². The molecular formula is C25H29ClN4O4. The third-order valence-corrected chi connectivity index (χ3v) is 6.34. The van der Waals surface area contributed by atoms with Gasteiger partial charge in [-0.1, -0.05) is 35.9 Å². The summed E-state index contributed by atoms with van der Waals surface area (Å²) in [5.74, 6) is 0.193. The van der Waals surface area contributed by atoms with Crippen molar-refractivity contribution in [3.63, 3.8) is 0 Å². The molecule has 2 aliphatic heterocycles. The zero-order valence-electron chi connectivity index (χ0n) is 19.3. The molecule has 1 saturated heterocycles. The number of carbonyl (C=O) groups is 2. The van der Waals surface area contributed by atoms with Crippen LogP contribution in [0.5, 0.6) is 5.75 Å². The van der Waals surface area contributed by atoms with E-state index in [0.717, 1.165) is 42.5 Å². The Morgan fingerprint density at radius 3 is 2.59 bits per heavy atom. The molecule has 2 aromatic rings. The van der Waals surface area contributed by atoms with Gasteiger partial charge in [-0.15, -0.1) is 0 Å². The maximum atomic E-state index is 13.0. The Kier molecular flexibility index (Phi) is 7.59. The summed E-state index contributed by atoms with van der Waals surface area (Å²) >= 11 is 6.37. The van der Waals surface area contributed by atoms with Crippen LogP contribution in [0.1, 0.15) is 18.5 Å². The number of anilines is 1. The van der Waals surface area contributed by atoms with Crippen molar-refractivity contribution in [2.75, 3.05) is 51.3 Å². The lowest BCUT2D eigenvalue weighted by Gasteiger charge is -2.38. The number of urea groups is 1. The van der Waals surface area contributed by atoms with Crippen molar-refractivity contribution < 1.29 is 19.1 Å². The van der Waals surface area contributed by atoms with Gasteiger partial charge in [0.2, 0.25) is 0 Å². The lowest BCUT2D eigenvalue weighted by atomic mass is 9.94. The molecule has 0 radical (unpaired) electrons. The van der Waals surface area contributed by atoms with Gasteiger partial charge in [0.15, 0.2) is 0 Å². The fraction of sp³-hybridized carbons (Fsp3) is 0.360. The van der Waals surface area contributed by atoms with E-state index in [1.165, 1.54) is 0 Å². The number of piperazine rings is 1. The molecule has 0 spiro atoms. The Labute approximate surface area is 204 Å². The lowest BCUT2D eigenvalue weighted by Crippen LogP contribution is -2.51. The molecule has 34 heavy (non-hydrogen) atoms. The van der Waals surface area contributed by atoms with Gasteiger partial charge in [0.1, 0.15) is 5.75 Å². The molecule has 2 amide bonds. The number of carbonyl (C=O) groups excluding carboxylic acids is 2. The van der Waals surface area contributed by atoms with Gasteiger partial charge in [0, 0.05) is 38.4 Å². The number of hydrogen-bond donors (Lipinski definition) is 2. The predicted octanol–water partition coefficient (Wildman–Crippen LogP) is 3.34. The first kappa shape index (κ1) is 23.9. The van der Waals surface area contributed by atoms with Crippen molar-refractivity contribution in [1.82, 2.24) is 15.5 Å². The van der Waals surface area contributed by atoms with Crippen LogP contribution in [0.4, 0.5) is 10.5 Å². The zero-order chi connectivity index (χ0) is 24.1. The van der Waals surface area contributed by atoms with Crippen molar-refractivity contribution in [3.05, 3.63) is 70.4 Å². The first-order chi connectivity index (χ1) is 16.5.